The third kappa shape index (κ3) is 4.51. The fraction of sp³-hybridized carbons (Fsp3) is 0.579. The monoisotopic (exact) mass is 369 g/mol. The van der Waals surface area contributed by atoms with Crippen LogP contribution in [0.3, 0.4) is 0 Å². The summed E-state index contributed by atoms with van der Waals surface area (Å²) in [6.07, 6.45) is 7.43. The minimum Gasteiger partial charge on any atom is -0.337 e. The lowest BCUT2D eigenvalue weighted by atomic mass is 9.90. The predicted molar refractivity (Wildman–Crippen MR) is 101 cm³/mol. The van der Waals surface area contributed by atoms with E-state index in [0.717, 1.165) is 65.2 Å². The molecular weight excluding hydrogens is 342 g/mol. The van der Waals surface area contributed by atoms with Crippen molar-refractivity contribution in [2.75, 3.05) is 45.8 Å². The maximum absolute atomic E-state index is 12.7. The molecule has 2 aromatic rings. The first-order valence-electron chi connectivity index (χ1n) is 9.82. The highest BCUT2D eigenvalue weighted by atomic mass is 16.2. The van der Waals surface area contributed by atoms with Crippen LogP contribution in [-0.2, 0) is 6.54 Å². The number of nitrogens with zero attached hydrogens (tertiary/aromatic N) is 6. The second-order valence-electron chi connectivity index (χ2n) is 7.31. The first-order chi connectivity index (χ1) is 13.3. The molecule has 4 rings (SSSR count). The molecule has 0 unspecified atom stereocenters. The first kappa shape index (κ1) is 18.1. The number of pyridine rings is 1. The van der Waals surface area contributed by atoms with Gasteiger partial charge in [0, 0.05) is 58.2 Å². The van der Waals surface area contributed by atoms with E-state index in [1.54, 1.807) is 10.9 Å². The van der Waals surface area contributed by atoms with Crippen molar-refractivity contribution in [3.8, 4) is 0 Å². The van der Waals surface area contributed by atoms with Gasteiger partial charge in [-0.25, -0.2) is 0 Å². The van der Waals surface area contributed by atoms with Gasteiger partial charge >= 0.3 is 0 Å². The molecule has 0 saturated carbocycles. The Kier molecular flexibility index (Phi) is 5.74. The highest BCUT2D eigenvalue weighted by Crippen LogP contribution is 2.27. The molecular formula is C19H27N7O. The fourth-order valence-electron chi connectivity index (χ4n) is 3.90. The zero-order chi connectivity index (χ0) is 18.5. The number of hydrogen-bond donors (Lipinski definition) is 1. The summed E-state index contributed by atoms with van der Waals surface area (Å²) in [6.45, 7) is 7.44. The minimum atomic E-state index is -0.00315. The Labute approximate surface area is 159 Å². The van der Waals surface area contributed by atoms with Crippen LogP contribution in [-0.4, -0.2) is 81.5 Å². The largest absolute Gasteiger partial charge is 0.337 e. The maximum Gasteiger partial charge on any atom is 0.276 e. The predicted octanol–water partition coefficient (Wildman–Crippen LogP) is 0.598. The quantitative estimate of drug-likeness (QED) is 0.831. The summed E-state index contributed by atoms with van der Waals surface area (Å²) < 4.78 is 1.79. The third-order valence-corrected chi connectivity index (χ3v) is 5.57. The van der Waals surface area contributed by atoms with E-state index in [9.17, 15) is 4.79 Å². The number of rotatable bonds is 5. The van der Waals surface area contributed by atoms with E-state index in [2.05, 4.69) is 37.6 Å². The van der Waals surface area contributed by atoms with Gasteiger partial charge in [0.2, 0.25) is 0 Å². The summed E-state index contributed by atoms with van der Waals surface area (Å²) in [4.78, 5) is 21.1. The molecule has 8 nitrogen and oxygen atoms in total. The van der Waals surface area contributed by atoms with Gasteiger partial charge in [-0.1, -0.05) is 5.21 Å². The Balaban J connectivity index is 1.28. The van der Waals surface area contributed by atoms with Gasteiger partial charge < -0.3 is 10.2 Å². The van der Waals surface area contributed by atoms with Crippen LogP contribution in [0.5, 0.6) is 0 Å². The van der Waals surface area contributed by atoms with Crippen molar-refractivity contribution in [1.82, 2.24) is 35.1 Å². The maximum atomic E-state index is 12.7. The molecule has 144 valence electrons. The zero-order valence-electron chi connectivity index (χ0n) is 15.6. The minimum absolute atomic E-state index is 0.00315. The van der Waals surface area contributed by atoms with Crippen molar-refractivity contribution in [2.45, 2.75) is 25.3 Å². The summed E-state index contributed by atoms with van der Waals surface area (Å²) in [7, 11) is 0. The molecule has 1 amide bonds. The van der Waals surface area contributed by atoms with Crippen LogP contribution in [0.15, 0.2) is 30.7 Å². The lowest BCUT2D eigenvalue weighted by Crippen LogP contribution is -2.44. The van der Waals surface area contributed by atoms with Crippen LogP contribution in [0, 0.1) is 0 Å². The third-order valence-electron chi connectivity index (χ3n) is 5.57. The lowest BCUT2D eigenvalue weighted by Gasteiger charge is -2.31. The molecule has 2 saturated heterocycles. The van der Waals surface area contributed by atoms with E-state index < -0.39 is 0 Å². The average Bonchev–Trinajstić information content (AvgIpc) is 3.22. The van der Waals surface area contributed by atoms with E-state index in [1.165, 1.54) is 5.56 Å². The van der Waals surface area contributed by atoms with Gasteiger partial charge in [-0.3, -0.25) is 19.4 Å². The Bertz CT molecular complexity index is 734. The smallest absolute Gasteiger partial charge is 0.276 e. The van der Waals surface area contributed by atoms with Crippen LogP contribution in [0.1, 0.15) is 34.8 Å². The van der Waals surface area contributed by atoms with E-state index in [0.29, 0.717) is 11.6 Å². The van der Waals surface area contributed by atoms with E-state index in [1.807, 2.05) is 17.3 Å². The van der Waals surface area contributed by atoms with Gasteiger partial charge in [0.25, 0.3) is 5.91 Å². The van der Waals surface area contributed by atoms with Crippen molar-refractivity contribution in [2.24, 2.45) is 0 Å². The zero-order valence-corrected chi connectivity index (χ0v) is 15.6. The van der Waals surface area contributed by atoms with E-state index >= 15 is 0 Å². The molecule has 0 spiro atoms. The SMILES string of the molecule is O=C(c1cn(CCN2CCNCC2)nn1)N1CCC(c2ccncc2)CC1. The molecule has 2 fully saturated rings. The Morgan fingerprint density at radius 3 is 2.56 bits per heavy atom. The van der Waals surface area contributed by atoms with Gasteiger partial charge in [0.15, 0.2) is 5.69 Å². The van der Waals surface area contributed by atoms with Gasteiger partial charge in [-0.15, -0.1) is 5.10 Å². The first-order valence-corrected chi connectivity index (χ1v) is 9.82. The second kappa shape index (κ2) is 8.58. The highest BCUT2D eigenvalue weighted by molar-refractivity contribution is 5.92. The summed E-state index contributed by atoms with van der Waals surface area (Å²) in [5.74, 6) is 0.503. The summed E-state index contributed by atoms with van der Waals surface area (Å²) in [5, 5.41) is 11.6. The van der Waals surface area contributed by atoms with Crippen LogP contribution in [0.4, 0.5) is 0 Å². The molecule has 4 heterocycles. The number of aromatic nitrogens is 4. The van der Waals surface area contributed by atoms with Crippen molar-refractivity contribution in [3.63, 3.8) is 0 Å². The van der Waals surface area contributed by atoms with Crippen molar-refractivity contribution >= 4 is 5.91 Å². The number of carbonyl (C=O) groups is 1. The molecule has 0 atom stereocenters. The van der Waals surface area contributed by atoms with E-state index in [4.69, 9.17) is 0 Å². The van der Waals surface area contributed by atoms with Crippen LogP contribution >= 0.6 is 0 Å². The van der Waals surface area contributed by atoms with Crippen molar-refractivity contribution < 1.29 is 4.79 Å². The number of hydrogen-bond acceptors (Lipinski definition) is 6. The normalized spacial score (nSPS) is 19.3. The molecule has 2 aromatic heterocycles. The summed E-state index contributed by atoms with van der Waals surface area (Å²) in [6, 6.07) is 4.15. The summed E-state index contributed by atoms with van der Waals surface area (Å²) >= 11 is 0. The van der Waals surface area contributed by atoms with E-state index in [-0.39, 0.29) is 5.91 Å². The van der Waals surface area contributed by atoms with Gasteiger partial charge in [0.05, 0.1) is 12.7 Å². The number of piperazine rings is 1. The topological polar surface area (TPSA) is 79.2 Å². The molecule has 2 aliphatic rings. The molecule has 0 aromatic carbocycles. The lowest BCUT2D eigenvalue weighted by molar-refractivity contribution is 0.0707. The number of amides is 1. The molecule has 1 N–H and O–H groups in total. The van der Waals surface area contributed by atoms with Gasteiger partial charge in [-0.2, -0.15) is 0 Å². The van der Waals surface area contributed by atoms with Gasteiger partial charge in [0.1, 0.15) is 0 Å². The molecule has 2 aliphatic heterocycles. The average molecular weight is 369 g/mol. The number of piperidine rings is 1. The van der Waals surface area contributed by atoms with Crippen LogP contribution in [0.25, 0.3) is 0 Å². The molecule has 0 radical (unpaired) electrons. The number of likely N-dealkylation sites (tertiary alicyclic amines) is 1. The standard InChI is InChI=1S/C19H27N7O/c27-19(25-9-3-17(4-10-25)16-1-5-20-6-2-16)18-15-26(23-22-18)14-13-24-11-7-21-8-12-24/h1-2,5-6,15,17,21H,3-4,7-14H2. The molecule has 8 heteroatoms. The highest BCUT2D eigenvalue weighted by Gasteiger charge is 2.26. The van der Waals surface area contributed by atoms with Crippen LogP contribution < -0.4 is 5.32 Å². The number of nitrogens with one attached hydrogen (secondary N) is 1. The Morgan fingerprint density at radius 2 is 1.81 bits per heavy atom. The fourth-order valence-corrected chi connectivity index (χ4v) is 3.90. The Morgan fingerprint density at radius 1 is 1.07 bits per heavy atom. The Hall–Kier alpha value is -2.32. The van der Waals surface area contributed by atoms with Gasteiger partial charge in [-0.05, 0) is 36.5 Å². The second-order valence-corrected chi connectivity index (χ2v) is 7.31. The molecule has 27 heavy (non-hydrogen) atoms. The summed E-state index contributed by atoms with van der Waals surface area (Å²) in [5.41, 5.74) is 1.77. The van der Waals surface area contributed by atoms with Crippen molar-refractivity contribution in [1.29, 1.82) is 0 Å². The molecule has 0 bridgehead atoms. The number of carbonyl (C=O) groups excluding carboxylic acids is 1. The van der Waals surface area contributed by atoms with Crippen LogP contribution in [0.2, 0.25) is 0 Å². The molecule has 0 aliphatic carbocycles. The van der Waals surface area contributed by atoms with Crippen molar-refractivity contribution in [3.05, 3.63) is 42.0 Å².